The van der Waals surface area contributed by atoms with Gasteiger partial charge in [-0.1, -0.05) is 17.7 Å². The van der Waals surface area contributed by atoms with Crippen molar-refractivity contribution in [3.8, 4) is 5.69 Å². The van der Waals surface area contributed by atoms with E-state index in [1.165, 1.54) is 11.6 Å². The van der Waals surface area contributed by atoms with Crippen LogP contribution in [0.4, 0.5) is 5.95 Å². The van der Waals surface area contributed by atoms with E-state index in [9.17, 15) is 4.79 Å². The topological polar surface area (TPSA) is 75.1 Å². The van der Waals surface area contributed by atoms with E-state index in [2.05, 4.69) is 76.2 Å². The summed E-state index contributed by atoms with van der Waals surface area (Å²) in [7, 11) is 0. The summed E-state index contributed by atoms with van der Waals surface area (Å²) in [4.78, 5) is 18.2. The molecule has 6 heteroatoms. The third-order valence-corrected chi connectivity index (χ3v) is 4.01. The minimum Gasteiger partial charge on any atom is -0.318 e. The highest BCUT2D eigenvalue weighted by Crippen LogP contribution is 2.20. The number of hydrazone groups is 1. The van der Waals surface area contributed by atoms with Crippen molar-refractivity contribution in [1.82, 2.24) is 14.5 Å². The van der Waals surface area contributed by atoms with Crippen molar-refractivity contribution in [2.45, 2.75) is 27.7 Å². The molecule has 2 heterocycles. The van der Waals surface area contributed by atoms with Gasteiger partial charge in [0.1, 0.15) is 0 Å². The molecule has 0 atom stereocenters. The van der Waals surface area contributed by atoms with Gasteiger partial charge in [0.2, 0.25) is 5.95 Å². The third-order valence-electron chi connectivity index (χ3n) is 4.01. The van der Waals surface area contributed by atoms with Gasteiger partial charge in [-0.05, 0) is 45.9 Å². The number of anilines is 1. The molecule has 0 spiro atoms. The van der Waals surface area contributed by atoms with Gasteiger partial charge in [-0.15, -0.1) is 0 Å². The second-order valence-corrected chi connectivity index (χ2v) is 6.10. The van der Waals surface area contributed by atoms with E-state index in [4.69, 9.17) is 0 Å². The molecule has 6 nitrogen and oxygen atoms in total. The minimum absolute atomic E-state index is 0.206. The van der Waals surface area contributed by atoms with Crippen LogP contribution in [0, 0.1) is 27.7 Å². The van der Waals surface area contributed by atoms with Crippen LogP contribution >= 0.6 is 0 Å². The molecule has 0 fully saturated rings. The van der Waals surface area contributed by atoms with Gasteiger partial charge in [0.05, 0.1) is 6.21 Å². The molecule has 0 radical (unpaired) electrons. The van der Waals surface area contributed by atoms with Crippen LogP contribution in [-0.4, -0.2) is 20.7 Å². The summed E-state index contributed by atoms with van der Waals surface area (Å²) in [5.41, 5.74) is 8.78. The Labute approximate surface area is 146 Å². The molecular formula is C19H21N5O. The molecule has 2 aromatic heterocycles. The Bertz CT molecular complexity index is 980. The first-order chi connectivity index (χ1) is 11.9. The molecule has 0 saturated carbocycles. The van der Waals surface area contributed by atoms with Crippen molar-refractivity contribution >= 4 is 12.2 Å². The van der Waals surface area contributed by atoms with E-state index < -0.39 is 0 Å². The molecule has 0 unspecified atom stereocenters. The Morgan fingerprint density at radius 1 is 1.12 bits per heavy atom. The predicted molar refractivity (Wildman–Crippen MR) is 101 cm³/mol. The van der Waals surface area contributed by atoms with Crippen LogP contribution in [0.25, 0.3) is 5.69 Å². The Kier molecular flexibility index (Phi) is 4.52. The lowest BCUT2D eigenvalue weighted by Crippen LogP contribution is -2.10. The van der Waals surface area contributed by atoms with Crippen LogP contribution in [0.2, 0.25) is 0 Å². The number of hydrogen-bond donors (Lipinski definition) is 2. The largest absolute Gasteiger partial charge is 0.318 e. The van der Waals surface area contributed by atoms with E-state index in [1.807, 2.05) is 0 Å². The Morgan fingerprint density at radius 3 is 2.52 bits per heavy atom. The van der Waals surface area contributed by atoms with Gasteiger partial charge in [-0.25, -0.2) is 10.4 Å². The highest BCUT2D eigenvalue weighted by Gasteiger charge is 2.09. The van der Waals surface area contributed by atoms with Crippen molar-refractivity contribution < 1.29 is 0 Å². The zero-order valence-electron chi connectivity index (χ0n) is 14.8. The molecule has 0 aliphatic carbocycles. The molecule has 25 heavy (non-hydrogen) atoms. The maximum Gasteiger partial charge on any atom is 0.252 e. The Balaban J connectivity index is 1.85. The standard InChI is InChI=1S/C19H21N5O/c1-12-5-7-17(8-6-12)24-14(3)10-16(15(24)4)11-20-23-19-21-13(2)9-18(25)22-19/h5-11H,1-4H3,(H2,21,22,23,25)/b20-11-. The number of rotatable bonds is 4. The number of H-pyrrole nitrogens is 1. The SMILES string of the molecule is Cc1ccc(-n2c(C)cc(/C=N\Nc3nc(C)cc(=O)[nH]3)c2C)cc1. The Hall–Kier alpha value is -3.15. The second-order valence-electron chi connectivity index (χ2n) is 6.10. The average molecular weight is 335 g/mol. The summed E-state index contributed by atoms with van der Waals surface area (Å²) in [6.45, 7) is 7.96. The van der Waals surface area contributed by atoms with Crippen molar-refractivity contribution in [2.24, 2.45) is 5.10 Å². The van der Waals surface area contributed by atoms with Gasteiger partial charge in [-0.3, -0.25) is 9.78 Å². The summed E-state index contributed by atoms with van der Waals surface area (Å²) in [5, 5.41) is 4.20. The number of nitrogens with zero attached hydrogens (tertiary/aromatic N) is 3. The summed E-state index contributed by atoms with van der Waals surface area (Å²) < 4.78 is 2.19. The van der Waals surface area contributed by atoms with Gasteiger partial charge in [0.25, 0.3) is 5.56 Å². The normalized spacial score (nSPS) is 11.2. The van der Waals surface area contributed by atoms with Crippen LogP contribution in [-0.2, 0) is 0 Å². The van der Waals surface area contributed by atoms with E-state index in [1.54, 1.807) is 13.1 Å². The van der Waals surface area contributed by atoms with Gasteiger partial charge < -0.3 is 4.57 Å². The number of aryl methyl sites for hydroxylation is 3. The first-order valence-corrected chi connectivity index (χ1v) is 8.07. The van der Waals surface area contributed by atoms with E-state index in [0.717, 1.165) is 22.6 Å². The molecule has 0 bridgehead atoms. The lowest BCUT2D eigenvalue weighted by Gasteiger charge is -2.09. The zero-order valence-corrected chi connectivity index (χ0v) is 14.8. The smallest absolute Gasteiger partial charge is 0.252 e. The van der Waals surface area contributed by atoms with E-state index in [0.29, 0.717) is 11.6 Å². The highest BCUT2D eigenvalue weighted by atomic mass is 16.1. The first-order valence-electron chi connectivity index (χ1n) is 8.07. The van der Waals surface area contributed by atoms with Crippen LogP contribution in [0.1, 0.15) is 28.2 Å². The minimum atomic E-state index is -0.206. The monoisotopic (exact) mass is 335 g/mol. The van der Waals surface area contributed by atoms with Crippen LogP contribution in [0.15, 0.2) is 46.3 Å². The van der Waals surface area contributed by atoms with Gasteiger partial charge in [-0.2, -0.15) is 5.10 Å². The van der Waals surface area contributed by atoms with Gasteiger partial charge in [0.15, 0.2) is 0 Å². The fraction of sp³-hybridized carbons (Fsp3) is 0.211. The quantitative estimate of drug-likeness (QED) is 0.568. The molecular weight excluding hydrogens is 314 g/mol. The molecule has 0 amide bonds. The Morgan fingerprint density at radius 2 is 1.84 bits per heavy atom. The summed E-state index contributed by atoms with van der Waals surface area (Å²) in [6, 6.07) is 11.9. The fourth-order valence-corrected chi connectivity index (χ4v) is 2.80. The molecule has 0 aliphatic heterocycles. The lowest BCUT2D eigenvalue weighted by atomic mass is 10.2. The first kappa shape index (κ1) is 16.7. The second kappa shape index (κ2) is 6.76. The van der Waals surface area contributed by atoms with Gasteiger partial charge >= 0.3 is 0 Å². The third kappa shape index (κ3) is 3.68. The van der Waals surface area contributed by atoms with Crippen molar-refractivity contribution in [2.75, 3.05) is 5.43 Å². The number of aromatic nitrogens is 3. The van der Waals surface area contributed by atoms with Crippen LogP contribution < -0.4 is 11.0 Å². The maximum absolute atomic E-state index is 11.4. The molecule has 128 valence electrons. The van der Waals surface area contributed by atoms with E-state index >= 15 is 0 Å². The number of aromatic amines is 1. The van der Waals surface area contributed by atoms with Crippen molar-refractivity contribution in [1.29, 1.82) is 0 Å². The predicted octanol–water partition coefficient (Wildman–Crippen LogP) is 3.24. The number of benzene rings is 1. The summed E-state index contributed by atoms with van der Waals surface area (Å²) in [6.07, 6.45) is 1.73. The fourth-order valence-electron chi connectivity index (χ4n) is 2.80. The average Bonchev–Trinajstić information content (AvgIpc) is 2.82. The van der Waals surface area contributed by atoms with Crippen LogP contribution in [0.5, 0.6) is 0 Å². The van der Waals surface area contributed by atoms with E-state index in [-0.39, 0.29) is 5.56 Å². The summed E-state index contributed by atoms with van der Waals surface area (Å²) in [5.74, 6) is 0.327. The van der Waals surface area contributed by atoms with Crippen molar-refractivity contribution in [3.63, 3.8) is 0 Å². The number of hydrogen-bond acceptors (Lipinski definition) is 4. The van der Waals surface area contributed by atoms with Crippen LogP contribution in [0.3, 0.4) is 0 Å². The number of nitrogens with one attached hydrogen (secondary N) is 2. The molecule has 2 N–H and O–H groups in total. The zero-order chi connectivity index (χ0) is 18.0. The molecule has 1 aromatic carbocycles. The van der Waals surface area contributed by atoms with Gasteiger partial charge in [0, 0.05) is 34.4 Å². The molecule has 0 aliphatic rings. The maximum atomic E-state index is 11.4. The summed E-state index contributed by atoms with van der Waals surface area (Å²) >= 11 is 0. The highest BCUT2D eigenvalue weighted by molar-refractivity contribution is 5.82. The molecule has 3 rings (SSSR count). The molecule has 3 aromatic rings. The lowest BCUT2D eigenvalue weighted by molar-refractivity contribution is 0.964. The molecule has 0 saturated heterocycles. The van der Waals surface area contributed by atoms with Crippen molar-refractivity contribution in [3.05, 3.63) is 75.0 Å².